The number of hydrogen-bond acceptors (Lipinski definition) is 8. The third-order valence-electron chi connectivity index (χ3n) is 4.10. The van der Waals surface area contributed by atoms with Gasteiger partial charge >= 0.3 is 0 Å². The average molecular weight is 428 g/mol. The van der Waals surface area contributed by atoms with Crippen molar-refractivity contribution in [2.45, 2.75) is 13.0 Å². The van der Waals surface area contributed by atoms with E-state index in [9.17, 15) is 14.4 Å². The van der Waals surface area contributed by atoms with Crippen molar-refractivity contribution in [2.75, 3.05) is 13.7 Å². The Morgan fingerprint density at radius 1 is 1.40 bits per heavy atom. The maximum absolute atomic E-state index is 13.0. The summed E-state index contributed by atoms with van der Waals surface area (Å²) in [6.07, 6.45) is 6.07. The molecular weight excluding hydrogens is 408 g/mol. The number of nitrogens with zero attached hydrogens (tertiary/aromatic N) is 5. The molecule has 0 aliphatic heterocycles. The highest BCUT2D eigenvalue weighted by molar-refractivity contribution is 7.16. The molecule has 0 spiro atoms. The number of carbonyl (C=O) groups excluding carboxylic acids is 2. The smallest absolute Gasteiger partial charge is 0.284 e. The Kier molecular flexibility index (Phi) is 6.33. The minimum absolute atomic E-state index is 0.121. The highest BCUT2D eigenvalue weighted by Crippen LogP contribution is 2.25. The van der Waals surface area contributed by atoms with E-state index in [0.29, 0.717) is 21.3 Å². The summed E-state index contributed by atoms with van der Waals surface area (Å²) >= 11 is 1.13. The number of aromatic nitrogens is 5. The van der Waals surface area contributed by atoms with E-state index in [1.54, 1.807) is 13.2 Å². The summed E-state index contributed by atoms with van der Waals surface area (Å²) in [5.41, 5.74) is -0.00673. The molecule has 0 saturated carbocycles. The molecule has 0 aliphatic carbocycles. The summed E-state index contributed by atoms with van der Waals surface area (Å²) in [7, 11) is 3.20. The first-order valence-corrected chi connectivity index (χ1v) is 9.68. The molecule has 3 aromatic heterocycles. The van der Waals surface area contributed by atoms with Crippen molar-refractivity contribution in [3.8, 4) is 16.3 Å². The van der Waals surface area contributed by atoms with Crippen LogP contribution in [0.1, 0.15) is 27.1 Å². The first-order valence-electron chi connectivity index (χ1n) is 8.87. The second-order valence-corrected chi connectivity index (χ2v) is 7.42. The molecular formula is C19H20N6O4S. The molecule has 1 N–H and O–H groups in total. The molecule has 30 heavy (non-hydrogen) atoms. The lowest BCUT2D eigenvalue weighted by atomic mass is 10.2. The molecule has 10 nitrogen and oxygen atoms in total. The molecule has 0 fully saturated rings. The Balaban J connectivity index is 2.12. The van der Waals surface area contributed by atoms with Crippen LogP contribution in [0.15, 0.2) is 42.1 Å². The average Bonchev–Trinajstić information content (AvgIpc) is 3.37. The SMILES string of the molecule is C=C[C@@H](COC)NC(=O)c1cc(-c2cnc(C(C)=O)s2)nn(-c2cnn(C)c2)c1=O. The van der Waals surface area contributed by atoms with Crippen LogP contribution in [0.3, 0.4) is 0 Å². The molecule has 0 saturated heterocycles. The zero-order chi connectivity index (χ0) is 21.8. The Labute approximate surface area is 175 Å². The Bertz CT molecular complexity index is 1160. The molecule has 3 heterocycles. The maximum Gasteiger partial charge on any atom is 0.284 e. The number of thiazole rings is 1. The number of rotatable bonds is 8. The number of ether oxygens (including phenoxy) is 1. The van der Waals surface area contributed by atoms with E-state index in [0.717, 1.165) is 16.0 Å². The standard InChI is InChI=1S/C19H20N6O4S/c1-5-12(10-29-4)22-17(27)14-6-15(16-8-20-18(30-16)11(2)26)23-25(19(14)28)13-7-21-24(3)9-13/h5-9,12H,1,10H2,2-4H3,(H,22,27)/t12-/m0/s1. The molecule has 0 unspecified atom stereocenters. The fraction of sp³-hybridized carbons (Fsp3) is 0.263. The van der Waals surface area contributed by atoms with E-state index in [1.807, 2.05) is 0 Å². The molecule has 156 valence electrons. The molecule has 3 aromatic rings. The van der Waals surface area contributed by atoms with Gasteiger partial charge < -0.3 is 10.1 Å². The lowest BCUT2D eigenvalue weighted by Gasteiger charge is -2.14. The zero-order valence-electron chi connectivity index (χ0n) is 16.7. The summed E-state index contributed by atoms with van der Waals surface area (Å²) in [5, 5.41) is 11.4. The lowest BCUT2D eigenvalue weighted by molar-refractivity contribution is 0.0913. The van der Waals surface area contributed by atoms with Crippen LogP contribution in [0.5, 0.6) is 0 Å². The van der Waals surface area contributed by atoms with Gasteiger partial charge in [0.1, 0.15) is 16.9 Å². The number of nitrogens with one attached hydrogen (secondary N) is 1. The van der Waals surface area contributed by atoms with Crippen LogP contribution in [0, 0.1) is 0 Å². The van der Waals surface area contributed by atoms with Crippen LogP contribution in [-0.2, 0) is 11.8 Å². The number of Topliss-reactive ketones (excluding diaryl/α,β-unsaturated/α-hetero) is 1. The number of ketones is 1. The van der Waals surface area contributed by atoms with E-state index in [4.69, 9.17) is 4.74 Å². The van der Waals surface area contributed by atoms with Gasteiger partial charge in [-0.25, -0.2) is 4.98 Å². The van der Waals surface area contributed by atoms with Gasteiger partial charge in [-0.15, -0.1) is 17.9 Å². The van der Waals surface area contributed by atoms with E-state index < -0.39 is 17.5 Å². The van der Waals surface area contributed by atoms with E-state index in [1.165, 1.54) is 43.3 Å². The van der Waals surface area contributed by atoms with Crippen LogP contribution >= 0.6 is 11.3 Å². The number of methoxy groups -OCH3 is 1. The number of aryl methyl sites for hydroxylation is 1. The van der Waals surface area contributed by atoms with Crippen LogP contribution in [0.25, 0.3) is 16.3 Å². The largest absolute Gasteiger partial charge is 0.382 e. The van der Waals surface area contributed by atoms with Crippen molar-refractivity contribution in [1.29, 1.82) is 0 Å². The fourth-order valence-electron chi connectivity index (χ4n) is 2.62. The Morgan fingerprint density at radius 2 is 2.17 bits per heavy atom. The highest BCUT2D eigenvalue weighted by atomic mass is 32.1. The van der Waals surface area contributed by atoms with Crippen molar-refractivity contribution < 1.29 is 14.3 Å². The monoisotopic (exact) mass is 428 g/mol. The van der Waals surface area contributed by atoms with Gasteiger partial charge in [0.25, 0.3) is 11.5 Å². The first kappa shape index (κ1) is 21.3. The molecule has 0 aliphatic rings. The quantitative estimate of drug-likeness (QED) is 0.423. The second-order valence-electron chi connectivity index (χ2n) is 6.39. The highest BCUT2D eigenvalue weighted by Gasteiger charge is 2.21. The minimum atomic E-state index is -0.610. The normalized spacial score (nSPS) is 11.8. The van der Waals surface area contributed by atoms with Gasteiger partial charge in [0, 0.05) is 27.3 Å². The van der Waals surface area contributed by atoms with Gasteiger partial charge in [0.2, 0.25) is 0 Å². The minimum Gasteiger partial charge on any atom is -0.382 e. The summed E-state index contributed by atoms with van der Waals surface area (Å²) in [6.45, 7) is 5.28. The van der Waals surface area contributed by atoms with Crippen molar-refractivity contribution in [2.24, 2.45) is 7.05 Å². The van der Waals surface area contributed by atoms with Crippen molar-refractivity contribution in [3.05, 3.63) is 58.2 Å². The Hall–Kier alpha value is -3.44. The molecule has 0 aromatic carbocycles. The molecule has 1 amide bonds. The zero-order valence-corrected chi connectivity index (χ0v) is 17.5. The third-order valence-corrected chi connectivity index (χ3v) is 5.22. The maximum atomic E-state index is 13.0. The van der Waals surface area contributed by atoms with Crippen LogP contribution < -0.4 is 10.9 Å². The molecule has 11 heteroatoms. The van der Waals surface area contributed by atoms with E-state index >= 15 is 0 Å². The topological polar surface area (TPSA) is 121 Å². The molecule has 0 radical (unpaired) electrons. The van der Waals surface area contributed by atoms with E-state index in [-0.39, 0.29) is 18.0 Å². The summed E-state index contributed by atoms with van der Waals surface area (Å²) < 4.78 is 7.66. The van der Waals surface area contributed by atoms with Gasteiger partial charge in [-0.1, -0.05) is 6.08 Å². The van der Waals surface area contributed by atoms with Gasteiger partial charge in [-0.05, 0) is 6.07 Å². The molecule has 3 rings (SSSR count). The van der Waals surface area contributed by atoms with Crippen molar-refractivity contribution >= 4 is 23.0 Å². The second kappa shape index (κ2) is 8.93. The van der Waals surface area contributed by atoms with Gasteiger partial charge in [-0.3, -0.25) is 19.1 Å². The lowest BCUT2D eigenvalue weighted by Crippen LogP contribution is -2.40. The number of hydrogen-bond donors (Lipinski definition) is 1. The van der Waals surface area contributed by atoms with Crippen molar-refractivity contribution in [3.63, 3.8) is 0 Å². The van der Waals surface area contributed by atoms with E-state index in [2.05, 4.69) is 27.1 Å². The fourth-order valence-corrected chi connectivity index (χ4v) is 3.39. The van der Waals surface area contributed by atoms with Gasteiger partial charge in [0.15, 0.2) is 10.8 Å². The van der Waals surface area contributed by atoms with Crippen LogP contribution in [0.4, 0.5) is 0 Å². The van der Waals surface area contributed by atoms with Crippen molar-refractivity contribution in [1.82, 2.24) is 29.9 Å². The molecule has 1 atom stereocenters. The first-order chi connectivity index (χ1) is 14.3. The van der Waals surface area contributed by atoms with Crippen LogP contribution in [0.2, 0.25) is 0 Å². The third kappa shape index (κ3) is 4.42. The predicted octanol–water partition coefficient (Wildman–Crippen LogP) is 1.22. The Morgan fingerprint density at radius 3 is 2.73 bits per heavy atom. The predicted molar refractivity (Wildman–Crippen MR) is 111 cm³/mol. The molecule has 0 bridgehead atoms. The summed E-state index contributed by atoms with van der Waals surface area (Å²) in [4.78, 5) is 42.1. The summed E-state index contributed by atoms with van der Waals surface area (Å²) in [6, 6.07) is 0.910. The van der Waals surface area contributed by atoms with Crippen LogP contribution in [-0.4, -0.2) is 56.0 Å². The number of amides is 1. The van der Waals surface area contributed by atoms with Gasteiger partial charge in [-0.2, -0.15) is 14.9 Å². The van der Waals surface area contributed by atoms with Gasteiger partial charge in [0.05, 0.1) is 29.9 Å². The summed E-state index contributed by atoms with van der Waals surface area (Å²) in [5.74, 6) is -0.780. The number of carbonyl (C=O) groups is 2.